The van der Waals surface area contributed by atoms with Gasteiger partial charge in [0.15, 0.2) is 0 Å². The summed E-state index contributed by atoms with van der Waals surface area (Å²) in [5.41, 5.74) is 4.06. The largest absolute Gasteiger partial charge is 0.254 e. The second-order valence-electron chi connectivity index (χ2n) is 5.98. The lowest BCUT2D eigenvalue weighted by Gasteiger charge is -2.14. The van der Waals surface area contributed by atoms with Crippen LogP contribution in [0.2, 0.25) is 0 Å². The molecule has 3 heteroatoms. The molecule has 0 saturated carbocycles. The predicted octanol–water partition coefficient (Wildman–Crippen LogP) is 5.05. The van der Waals surface area contributed by atoms with Crippen LogP contribution in [0.5, 0.6) is 0 Å². The Morgan fingerprint density at radius 3 is 2.04 bits per heavy atom. The summed E-state index contributed by atoms with van der Waals surface area (Å²) in [5.74, 6) is 0. The van der Waals surface area contributed by atoms with E-state index < -0.39 is 0 Å². The van der Waals surface area contributed by atoms with Gasteiger partial charge in [0, 0.05) is 45.0 Å². The number of hydrogen-bond donors (Lipinski definition) is 0. The minimum absolute atomic E-state index is 0.886. The van der Waals surface area contributed by atoms with Crippen LogP contribution in [0.15, 0.2) is 60.9 Å². The van der Waals surface area contributed by atoms with Crippen LogP contribution in [-0.2, 0) is 6.42 Å². The van der Waals surface area contributed by atoms with Crippen molar-refractivity contribution in [3.8, 4) is 0 Å². The van der Waals surface area contributed by atoms with E-state index in [-0.39, 0.29) is 0 Å². The van der Waals surface area contributed by atoms with Crippen molar-refractivity contribution in [1.29, 1.82) is 0 Å². The summed E-state index contributed by atoms with van der Waals surface area (Å²) in [7, 11) is 0. The molecule has 24 heavy (non-hydrogen) atoms. The molecule has 5 rings (SSSR count). The van der Waals surface area contributed by atoms with Crippen LogP contribution in [0.4, 0.5) is 0 Å². The number of pyridine rings is 3. The summed E-state index contributed by atoms with van der Waals surface area (Å²) in [6, 6.07) is 16.6. The Bertz CT molecular complexity index is 1240. The van der Waals surface area contributed by atoms with Crippen LogP contribution in [0.3, 0.4) is 0 Å². The van der Waals surface area contributed by atoms with Gasteiger partial charge in [0.05, 0.1) is 16.6 Å². The summed E-state index contributed by atoms with van der Waals surface area (Å²) < 4.78 is 0. The molecule has 0 unspecified atom stereocenters. The molecule has 0 radical (unpaired) electrons. The maximum Gasteiger partial charge on any atom is 0.0971 e. The van der Waals surface area contributed by atoms with Gasteiger partial charge in [-0.3, -0.25) is 15.0 Å². The van der Waals surface area contributed by atoms with E-state index in [1.54, 1.807) is 0 Å². The molecule has 0 aliphatic carbocycles. The second kappa shape index (κ2) is 4.96. The summed E-state index contributed by atoms with van der Waals surface area (Å²) >= 11 is 0. The van der Waals surface area contributed by atoms with Gasteiger partial charge >= 0.3 is 0 Å². The molecule has 3 nitrogen and oxygen atoms in total. The molecule has 0 aliphatic heterocycles. The maximum atomic E-state index is 4.93. The zero-order valence-electron chi connectivity index (χ0n) is 13.3. The monoisotopic (exact) mass is 309 g/mol. The highest BCUT2D eigenvalue weighted by atomic mass is 14.7. The van der Waals surface area contributed by atoms with Gasteiger partial charge in [-0.05, 0) is 24.6 Å². The summed E-state index contributed by atoms with van der Waals surface area (Å²) in [4.78, 5) is 14.2. The lowest BCUT2D eigenvalue weighted by atomic mass is 9.95. The lowest BCUT2D eigenvalue weighted by molar-refractivity contribution is 1.08. The van der Waals surface area contributed by atoms with E-state index in [4.69, 9.17) is 4.98 Å². The van der Waals surface area contributed by atoms with Crippen LogP contribution in [0, 0.1) is 0 Å². The molecule has 0 saturated heterocycles. The fourth-order valence-corrected chi connectivity index (χ4v) is 3.68. The first kappa shape index (κ1) is 13.4. The molecular formula is C21H15N3. The number of aromatic nitrogens is 3. The van der Waals surface area contributed by atoms with Gasteiger partial charge in [0.25, 0.3) is 0 Å². The van der Waals surface area contributed by atoms with E-state index in [1.807, 2.05) is 30.6 Å². The van der Waals surface area contributed by atoms with Crippen molar-refractivity contribution in [3.05, 3.63) is 66.6 Å². The SMILES string of the molecule is CCc1nc2ccccc2c2c3cccnc3c3ncccc3c12. The fourth-order valence-electron chi connectivity index (χ4n) is 3.68. The highest BCUT2D eigenvalue weighted by molar-refractivity contribution is 6.29. The standard InChI is InChI=1S/C21H15N3/c1-2-16-19-15-9-6-12-23-21(15)20-14(8-5-11-22-20)18(19)13-7-3-4-10-17(13)24-16/h3-12H,2H2,1H3. The molecule has 114 valence electrons. The average Bonchev–Trinajstić information content (AvgIpc) is 2.67. The number of benzene rings is 2. The van der Waals surface area contributed by atoms with Crippen LogP contribution in [0.1, 0.15) is 12.6 Å². The van der Waals surface area contributed by atoms with Gasteiger partial charge in [-0.1, -0.05) is 37.3 Å². The van der Waals surface area contributed by atoms with Crippen LogP contribution < -0.4 is 0 Å². The van der Waals surface area contributed by atoms with Crippen molar-refractivity contribution in [2.24, 2.45) is 0 Å². The Hall–Kier alpha value is -3.07. The second-order valence-corrected chi connectivity index (χ2v) is 5.98. The number of fused-ring (bicyclic) bond motifs is 8. The Morgan fingerprint density at radius 2 is 1.33 bits per heavy atom. The number of aryl methyl sites for hydroxylation is 1. The summed E-state index contributed by atoms with van der Waals surface area (Å²) in [5, 5.41) is 5.90. The van der Waals surface area contributed by atoms with E-state index in [2.05, 4.69) is 47.2 Å². The lowest BCUT2D eigenvalue weighted by Crippen LogP contribution is -1.96. The zero-order chi connectivity index (χ0) is 16.1. The third-order valence-corrected chi connectivity index (χ3v) is 4.68. The van der Waals surface area contributed by atoms with Crippen molar-refractivity contribution in [3.63, 3.8) is 0 Å². The molecule has 0 atom stereocenters. The Balaban J connectivity index is 2.25. The number of para-hydroxylation sites is 1. The van der Waals surface area contributed by atoms with Gasteiger partial charge in [-0.25, -0.2) is 0 Å². The van der Waals surface area contributed by atoms with E-state index in [0.717, 1.165) is 39.4 Å². The minimum Gasteiger partial charge on any atom is -0.254 e. The molecule has 0 bridgehead atoms. The molecule has 3 heterocycles. The Kier molecular flexibility index (Phi) is 2.77. The topological polar surface area (TPSA) is 38.7 Å². The molecule has 2 aromatic carbocycles. The number of hydrogen-bond acceptors (Lipinski definition) is 3. The van der Waals surface area contributed by atoms with Gasteiger partial charge in [0.2, 0.25) is 0 Å². The number of rotatable bonds is 1. The van der Waals surface area contributed by atoms with Crippen molar-refractivity contribution < 1.29 is 0 Å². The van der Waals surface area contributed by atoms with Crippen LogP contribution >= 0.6 is 0 Å². The average molecular weight is 309 g/mol. The van der Waals surface area contributed by atoms with E-state index in [1.165, 1.54) is 16.2 Å². The van der Waals surface area contributed by atoms with Crippen molar-refractivity contribution >= 4 is 43.5 Å². The Labute approximate surface area is 139 Å². The van der Waals surface area contributed by atoms with Crippen LogP contribution in [-0.4, -0.2) is 15.0 Å². The van der Waals surface area contributed by atoms with E-state index in [9.17, 15) is 0 Å². The molecule has 3 aromatic heterocycles. The third-order valence-electron chi connectivity index (χ3n) is 4.68. The normalized spacial score (nSPS) is 11.7. The highest BCUT2D eigenvalue weighted by Crippen LogP contribution is 2.38. The number of nitrogens with zero attached hydrogens (tertiary/aromatic N) is 3. The molecule has 5 aromatic rings. The third kappa shape index (κ3) is 1.69. The smallest absolute Gasteiger partial charge is 0.0971 e. The molecule has 0 fully saturated rings. The van der Waals surface area contributed by atoms with E-state index >= 15 is 0 Å². The highest BCUT2D eigenvalue weighted by Gasteiger charge is 2.16. The molecule has 0 aliphatic rings. The molecule has 0 amide bonds. The predicted molar refractivity (Wildman–Crippen MR) is 99.2 cm³/mol. The zero-order valence-corrected chi connectivity index (χ0v) is 13.3. The van der Waals surface area contributed by atoms with Crippen molar-refractivity contribution in [2.75, 3.05) is 0 Å². The van der Waals surface area contributed by atoms with E-state index in [0.29, 0.717) is 0 Å². The first-order valence-electron chi connectivity index (χ1n) is 8.21. The van der Waals surface area contributed by atoms with Gasteiger partial charge in [-0.2, -0.15) is 0 Å². The van der Waals surface area contributed by atoms with Crippen molar-refractivity contribution in [2.45, 2.75) is 13.3 Å². The van der Waals surface area contributed by atoms with Gasteiger partial charge in [-0.15, -0.1) is 0 Å². The molecular weight excluding hydrogens is 294 g/mol. The minimum atomic E-state index is 0.886. The maximum absolute atomic E-state index is 4.93. The summed E-state index contributed by atoms with van der Waals surface area (Å²) in [6.45, 7) is 2.16. The van der Waals surface area contributed by atoms with Crippen LogP contribution in [0.25, 0.3) is 43.5 Å². The molecule has 0 N–H and O–H groups in total. The molecule has 0 spiro atoms. The first-order valence-corrected chi connectivity index (χ1v) is 8.21. The first-order chi connectivity index (χ1) is 11.9. The van der Waals surface area contributed by atoms with Gasteiger partial charge < -0.3 is 0 Å². The fraction of sp³-hybridized carbons (Fsp3) is 0.0952. The Morgan fingerprint density at radius 1 is 0.708 bits per heavy atom. The van der Waals surface area contributed by atoms with Gasteiger partial charge in [0.1, 0.15) is 0 Å². The quantitative estimate of drug-likeness (QED) is 0.407. The van der Waals surface area contributed by atoms with Crippen molar-refractivity contribution in [1.82, 2.24) is 15.0 Å². The summed E-state index contributed by atoms with van der Waals surface area (Å²) in [6.07, 6.45) is 4.56.